The normalized spacial score (nSPS) is 12.4. The number of aromatic nitrogens is 2. The summed E-state index contributed by atoms with van der Waals surface area (Å²) in [5, 5.41) is 14.9. The third-order valence-corrected chi connectivity index (χ3v) is 6.19. The van der Waals surface area contributed by atoms with E-state index >= 15 is 0 Å². The number of carboxylic acids is 1. The molecule has 0 amide bonds. The van der Waals surface area contributed by atoms with E-state index in [2.05, 4.69) is 28.1 Å². The molecule has 0 aliphatic rings. The number of hydrogen-bond donors (Lipinski definition) is 1. The summed E-state index contributed by atoms with van der Waals surface area (Å²) in [6.45, 7) is 0.858. The number of benzene rings is 2. The number of aliphatic carboxylic acids is 1. The van der Waals surface area contributed by atoms with Gasteiger partial charge in [-0.05, 0) is 50.7 Å². The molecule has 7 nitrogen and oxygen atoms in total. The highest BCUT2D eigenvalue weighted by molar-refractivity contribution is 5.85. The molecule has 0 aliphatic carbocycles. The predicted octanol–water partition coefficient (Wildman–Crippen LogP) is 4.89. The molecule has 0 saturated carbocycles. The zero-order chi connectivity index (χ0) is 24.1. The van der Waals surface area contributed by atoms with E-state index in [1.807, 2.05) is 42.5 Å². The maximum absolute atomic E-state index is 11.7. The van der Waals surface area contributed by atoms with Crippen LogP contribution in [0.1, 0.15) is 24.2 Å². The van der Waals surface area contributed by atoms with Gasteiger partial charge in [-0.15, -0.1) is 0 Å². The van der Waals surface area contributed by atoms with E-state index < -0.39 is 12.0 Å². The Morgan fingerprint density at radius 1 is 1.15 bits per heavy atom. The van der Waals surface area contributed by atoms with Gasteiger partial charge in [0.25, 0.3) is 0 Å². The number of carbonyl (C=O) groups is 1. The van der Waals surface area contributed by atoms with E-state index in [0.29, 0.717) is 6.42 Å². The van der Waals surface area contributed by atoms with Crippen molar-refractivity contribution < 1.29 is 19.2 Å². The number of para-hydroxylation sites is 1. The van der Waals surface area contributed by atoms with Crippen LogP contribution in [-0.2, 0) is 24.2 Å². The first-order valence-electron chi connectivity index (χ1n) is 11.5. The van der Waals surface area contributed by atoms with Gasteiger partial charge in [-0.2, -0.15) is 0 Å². The molecule has 1 N–H and O–H groups in total. The van der Waals surface area contributed by atoms with Crippen molar-refractivity contribution >= 4 is 16.9 Å². The molecule has 1 unspecified atom stereocenters. The largest absolute Gasteiger partial charge is 0.497 e. The lowest BCUT2D eigenvalue weighted by atomic mass is 10.0. The zero-order valence-corrected chi connectivity index (χ0v) is 19.9. The van der Waals surface area contributed by atoms with Crippen LogP contribution in [-0.4, -0.2) is 52.9 Å². The Kier molecular flexibility index (Phi) is 7.33. The molecule has 0 aliphatic heterocycles. The lowest BCUT2D eigenvalue weighted by Crippen LogP contribution is -2.37. The van der Waals surface area contributed by atoms with Crippen LogP contribution in [0, 0.1) is 0 Å². The fourth-order valence-electron chi connectivity index (χ4n) is 4.30. The molecule has 0 fully saturated rings. The minimum absolute atomic E-state index is 0.473. The number of likely N-dealkylation sites (N-methyl/N-ethyl adjacent to an activating group) is 1. The van der Waals surface area contributed by atoms with Gasteiger partial charge in [0.05, 0.1) is 7.11 Å². The summed E-state index contributed by atoms with van der Waals surface area (Å²) >= 11 is 0. The van der Waals surface area contributed by atoms with Gasteiger partial charge in [-0.3, -0.25) is 9.69 Å². The highest BCUT2D eigenvalue weighted by Crippen LogP contribution is 2.26. The average molecular weight is 462 g/mol. The van der Waals surface area contributed by atoms with Crippen molar-refractivity contribution in [3.63, 3.8) is 0 Å². The van der Waals surface area contributed by atoms with E-state index in [4.69, 9.17) is 9.26 Å². The number of methoxy groups -OCH3 is 1. The number of fused-ring (bicyclic) bond motifs is 1. The van der Waals surface area contributed by atoms with E-state index in [9.17, 15) is 9.90 Å². The van der Waals surface area contributed by atoms with Crippen molar-refractivity contribution in [1.29, 1.82) is 0 Å². The molecule has 0 bridgehead atoms. The molecule has 1 atom stereocenters. The molecule has 2 aromatic carbocycles. The molecule has 2 aromatic heterocycles. The van der Waals surface area contributed by atoms with Gasteiger partial charge in [-0.1, -0.05) is 35.5 Å². The van der Waals surface area contributed by atoms with Gasteiger partial charge in [0.15, 0.2) is 0 Å². The van der Waals surface area contributed by atoms with Crippen LogP contribution in [0.25, 0.3) is 22.2 Å². The van der Waals surface area contributed by atoms with Crippen molar-refractivity contribution in [2.75, 3.05) is 21.2 Å². The van der Waals surface area contributed by atoms with Crippen molar-refractivity contribution in [3.8, 4) is 17.0 Å². The SMILES string of the molecule is COc1cccc(-c2cc(CCCCn3cc(CC(C(=O)O)N(C)C)c4ccccc43)on2)c1. The lowest BCUT2D eigenvalue weighted by molar-refractivity contribution is -0.142. The number of rotatable bonds is 11. The maximum Gasteiger partial charge on any atom is 0.321 e. The van der Waals surface area contributed by atoms with Gasteiger partial charge in [0, 0.05) is 48.1 Å². The minimum Gasteiger partial charge on any atom is -0.497 e. The Bertz CT molecular complexity index is 1260. The third kappa shape index (κ3) is 5.31. The Labute approximate surface area is 199 Å². The van der Waals surface area contributed by atoms with Crippen LogP contribution in [0.15, 0.2) is 65.3 Å². The van der Waals surface area contributed by atoms with Gasteiger partial charge in [0.1, 0.15) is 23.2 Å². The van der Waals surface area contributed by atoms with Crippen LogP contribution in [0.2, 0.25) is 0 Å². The second-order valence-electron chi connectivity index (χ2n) is 8.75. The molecular weight excluding hydrogens is 430 g/mol. The summed E-state index contributed by atoms with van der Waals surface area (Å²) in [4.78, 5) is 13.4. The highest BCUT2D eigenvalue weighted by atomic mass is 16.5. The summed E-state index contributed by atoms with van der Waals surface area (Å²) in [6.07, 6.45) is 5.33. The van der Waals surface area contributed by atoms with Crippen LogP contribution >= 0.6 is 0 Å². The predicted molar refractivity (Wildman–Crippen MR) is 132 cm³/mol. The van der Waals surface area contributed by atoms with Gasteiger partial charge in [-0.25, -0.2) is 0 Å². The van der Waals surface area contributed by atoms with Crippen molar-refractivity contribution in [2.24, 2.45) is 0 Å². The smallest absolute Gasteiger partial charge is 0.321 e. The number of nitrogens with zero attached hydrogens (tertiary/aromatic N) is 3. The van der Waals surface area contributed by atoms with Gasteiger partial charge >= 0.3 is 5.97 Å². The van der Waals surface area contributed by atoms with Gasteiger partial charge < -0.3 is 18.9 Å². The molecule has 0 radical (unpaired) electrons. The second-order valence-corrected chi connectivity index (χ2v) is 8.75. The topological polar surface area (TPSA) is 80.7 Å². The molecular formula is C27H31N3O4. The standard InChI is InChI=1S/C27H31N3O4/c1-29(2)26(27(31)32)16-20-18-30(25-13-5-4-12-23(20)25)14-7-6-10-22-17-24(28-34-22)19-9-8-11-21(15-19)33-3/h4-5,8-9,11-13,15,17-18,26H,6-7,10,14,16H2,1-3H3,(H,31,32). The lowest BCUT2D eigenvalue weighted by Gasteiger charge is -2.19. The molecule has 178 valence electrons. The Morgan fingerprint density at radius 2 is 1.97 bits per heavy atom. The molecule has 7 heteroatoms. The number of ether oxygens (including phenoxy) is 1. The molecule has 2 heterocycles. The molecule has 34 heavy (non-hydrogen) atoms. The van der Waals surface area contributed by atoms with E-state index in [1.54, 1.807) is 26.1 Å². The molecule has 4 aromatic rings. The minimum atomic E-state index is -0.804. The van der Waals surface area contributed by atoms with Crippen molar-refractivity contribution in [1.82, 2.24) is 14.6 Å². The van der Waals surface area contributed by atoms with Crippen LogP contribution in [0.5, 0.6) is 5.75 Å². The molecule has 4 rings (SSSR count). The second kappa shape index (κ2) is 10.6. The molecule has 0 spiro atoms. The first kappa shape index (κ1) is 23.6. The summed E-state index contributed by atoms with van der Waals surface area (Å²) in [7, 11) is 5.26. The summed E-state index contributed by atoms with van der Waals surface area (Å²) in [5.41, 5.74) is 3.98. The maximum atomic E-state index is 11.7. The summed E-state index contributed by atoms with van der Waals surface area (Å²) < 4.78 is 13.1. The van der Waals surface area contributed by atoms with Crippen molar-refractivity contribution in [2.45, 2.75) is 38.3 Å². The summed E-state index contributed by atoms with van der Waals surface area (Å²) in [6, 6.07) is 17.4. The fourth-order valence-corrected chi connectivity index (χ4v) is 4.30. The average Bonchev–Trinajstić information content (AvgIpc) is 3.45. The van der Waals surface area contributed by atoms with Crippen LogP contribution in [0.4, 0.5) is 0 Å². The number of aryl methyl sites for hydroxylation is 2. The van der Waals surface area contributed by atoms with Crippen LogP contribution < -0.4 is 4.74 Å². The quantitative estimate of drug-likeness (QED) is 0.321. The number of unbranched alkanes of at least 4 members (excludes halogenated alkanes) is 1. The van der Waals surface area contributed by atoms with E-state index in [1.165, 1.54) is 0 Å². The van der Waals surface area contributed by atoms with Gasteiger partial charge in [0.2, 0.25) is 0 Å². The fraction of sp³-hybridized carbons (Fsp3) is 0.333. The first-order valence-corrected chi connectivity index (χ1v) is 11.5. The summed E-state index contributed by atoms with van der Waals surface area (Å²) in [5.74, 6) is 0.856. The van der Waals surface area contributed by atoms with Crippen LogP contribution in [0.3, 0.4) is 0 Å². The van der Waals surface area contributed by atoms with Crippen molar-refractivity contribution in [3.05, 3.63) is 72.1 Å². The Morgan fingerprint density at radius 3 is 2.74 bits per heavy atom. The van der Waals surface area contributed by atoms with E-state index in [-0.39, 0.29) is 0 Å². The Hall–Kier alpha value is -3.58. The van der Waals surface area contributed by atoms with E-state index in [0.717, 1.165) is 65.0 Å². The monoisotopic (exact) mass is 461 g/mol. The highest BCUT2D eigenvalue weighted by Gasteiger charge is 2.22. The zero-order valence-electron chi connectivity index (χ0n) is 19.9. The number of carboxylic acid groups (broad SMARTS) is 1. The number of hydrogen-bond acceptors (Lipinski definition) is 5. The third-order valence-electron chi connectivity index (χ3n) is 6.19. The Balaban J connectivity index is 1.39. The molecule has 0 saturated heterocycles. The first-order chi connectivity index (χ1) is 16.5.